The molecule has 0 spiro atoms. The van der Waals surface area contributed by atoms with Crippen LogP contribution in [0.2, 0.25) is 5.02 Å². The van der Waals surface area contributed by atoms with Gasteiger partial charge in [0.2, 0.25) is 0 Å². The lowest BCUT2D eigenvalue weighted by molar-refractivity contribution is 0.118. The predicted octanol–water partition coefficient (Wildman–Crippen LogP) is 4.15. The molecule has 0 amide bonds. The van der Waals surface area contributed by atoms with Crippen molar-refractivity contribution in [2.24, 2.45) is 5.92 Å². The zero-order valence-electron chi connectivity index (χ0n) is 15.7. The summed E-state index contributed by atoms with van der Waals surface area (Å²) < 4.78 is 5.09. The second-order valence-corrected chi connectivity index (χ2v) is 8.09. The number of H-pyrrole nitrogens is 1. The van der Waals surface area contributed by atoms with Crippen molar-refractivity contribution in [3.05, 3.63) is 69.2 Å². The molecule has 5 nitrogen and oxygen atoms in total. The maximum Gasteiger partial charge on any atom is 0.417 e. The lowest BCUT2D eigenvalue weighted by Gasteiger charge is -2.33. The fourth-order valence-electron chi connectivity index (χ4n) is 4.17. The van der Waals surface area contributed by atoms with Gasteiger partial charge in [-0.3, -0.25) is 4.98 Å². The number of piperidine rings is 1. The van der Waals surface area contributed by atoms with Crippen molar-refractivity contribution in [3.8, 4) is 0 Å². The summed E-state index contributed by atoms with van der Waals surface area (Å²) in [6.07, 6.45) is 3.46. The van der Waals surface area contributed by atoms with Crippen molar-refractivity contribution in [1.82, 2.24) is 9.88 Å². The molecule has 1 fully saturated rings. The summed E-state index contributed by atoms with van der Waals surface area (Å²) >= 11 is 6.31. The Kier molecular flexibility index (Phi) is 5.85. The standard InChI is InChI=1S/C22H25ClN2O3/c23-18-13-19-21(28-22(27)24-19)12-17(18)20(26)8-10-25-9-4-7-16(14-25)11-15-5-2-1-3-6-15/h1-3,5-6,12-13,16,20,26H,4,7-11,14H2,(H,24,27). The highest BCUT2D eigenvalue weighted by Crippen LogP contribution is 2.30. The van der Waals surface area contributed by atoms with Crippen molar-refractivity contribution in [3.63, 3.8) is 0 Å². The lowest BCUT2D eigenvalue weighted by atomic mass is 9.91. The molecule has 0 bridgehead atoms. The average molecular weight is 401 g/mol. The number of oxazole rings is 1. The zero-order chi connectivity index (χ0) is 19.5. The van der Waals surface area contributed by atoms with E-state index in [0.717, 1.165) is 26.1 Å². The largest absolute Gasteiger partial charge is 0.417 e. The molecule has 2 N–H and O–H groups in total. The second-order valence-electron chi connectivity index (χ2n) is 7.69. The molecule has 2 unspecified atom stereocenters. The van der Waals surface area contributed by atoms with E-state index in [9.17, 15) is 9.90 Å². The molecule has 2 heterocycles. The van der Waals surface area contributed by atoms with Gasteiger partial charge in [-0.25, -0.2) is 4.79 Å². The highest BCUT2D eigenvalue weighted by Gasteiger charge is 2.22. The maximum atomic E-state index is 11.3. The van der Waals surface area contributed by atoms with E-state index in [1.165, 1.54) is 18.4 Å². The topological polar surface area (TPSA) is 69.5 Å². The van der Waals surface area contributed by atoms with Crippen LogP contribution in [-0.2, 0) is 6.42 Å². The molecule has 148 valence electrons. The molecule has 4 rings (SSSR count). The minimum Gasteiger partial charge on any atom is -0.408 e. The Balaban J connectivity index is 1.36. The van der Waals surface area contributed by atoms with Gasteiger partial charge in [0, 0.05) is 23.7 Å². The van der Waals surface area contributed by atoms with Gasteiger partial charge in [-0.15, -0.1) is 0 Å². The van der Waals surface area contributed by atoms with Crippen LogP contribution in [0.4, 0.5) is 0 Å². The third-order valence-electron chi connectivity index (χ3n) is 5.59. The van der Waals surface area contributed by atoms with Crippen LogP contribution in [0.3, 0.4) is 0 Å². The summed E-state index contributed by atoms with van der Waals surface area (Å²) in [7, 11) is 0. The molecule has 2 aromatic carbocycles. The summed E-state index contributed by atoms with van der Waals surface area (Å²) in [5.41, 5.74) is 2.97. The summed E-state index contributed by atoms with van der Waals surface area (Å²) in [6, 6.07) is 13.9. The molecule has 0 saturated carbocycles. The van der Waals surface area contributed by atoms with Crippen LogP contribution in [-0.4, -0.2) is 34.6 Å². The third-order valence-corrected chi connectivity index (χ3v) is 5.91. The lowest BCUT2D eigenvalue weighted by Crippen LogP contribution is -2.37. The molecule has 1 aromatic heterocycles. The van der Waals surface area contributed by atoms with Crippen LogP contribution in [0.25, 0.3) is 11.1 Å². The van der Waals surface area contributed by atoms with Crippen molar-refractivity contribution >= 4 is 22.7 Å². The molecule has 2 atom stereocenters. The van der Waals surface area contributed by atoms with Crippen molar-refractivity contribution in [2.45, 2.75) is 31.8 Å². The van der Waals surface area contributed by atoms with Crippen molar-refractivity contribution in [1.29, 1.82) is 0 Å². The van der Waals surface area contributed by atoms with E-state index in [-0.39, 0.29) is 0 Å². The molecule has 6 heteroatoms. The minimum atomic E-state index is -0.688. The number of rotatable bonds is 6. The molecular weight excluding hydrogens is 376 g/mol. The van der Waals surface area contributed by atoms with Crippen LogP contribution in [0.15, 0.2) is 51.7 Å². The third kappa shape index (κ3) is 4.49. The summed E-state index contributed by atoms with van der Waals surface area (Å²) in [5, 5.41) is 11.1. The fourth-order valence-corrected chi connectivity index (χ4v) is 4.46. The van der Waals surface area contributed by atoms with E-state index in [0.29, 0.717) is 34.0 Å². The first kappa shape index (κ1) is 19.2. The SMILES string of the molecule is O=c1[nH]c2cc(Cl)c(C(O)CCN3CCCC(Cc4ccccc4)C3)cc2o1. The predicted molar refractivity (Wildman–Crippen MR) is 111 cm³/mol. The minimum absolute atomic E-state index is 0.421. The Morgan fingerprint density at radius 3 is 2.93 bits per heavy atom. The number of aromatic amines is 1. The number of aliphatic hydroxyl groups excluding tert-OH is 1. The van der Waals surface area contributed by atoms with E-state index in [2.05, 4.69) is 40.2 Å². The number of aromatic nitrogens is 1. The number of hydrogen-bond acceptors (Lipinski definition) is 4. The van der Waals surface area contributed by atoms with Crippen LogP contribution >= 0.6 is 11.6 Å². The maximum absolute atomic E-state index is 11.3. The fraction of sp³-hybridized carbons (Fsp3) is 0.409. The number of halogens is 1. The second kappa shape index (κ2) is 8.52. The van der Waals surface area contributed by atoms with Crippen molar-refractivity contribution in [2.75, 3.05) is 19.6 Å². The smallest absolute Gasteiger partial charge is 0.408 e. The zero-order valence-corrected chi connectivity index (χ0v) is 16.5. The van der Waals surface area contributed by atoms with Gasteiger partial charge in [-0.05, 0) is 55.8 Å². The molecule has 3 aromatic rings. The summed E-state index contributed by atoms with van der Waals surface area (Å²) in [5.74, 6) is 0.137. The van der Waals surface area contributed by atoms with E-state index < -0.39 is 11.9 Å². The molecule has 1 aliphatic rings. The first-order valence-electron chi connectivity index (χ1n) is 9.85. The van der Waals surface area contributed by atoms with Crippen LogP contribution in [0, 0.1) is 5.92 Å². The number of nitrogens with one attached hydrogen (secondary N) is 1. The van der Waals surface area contributed by atoms with Gasteiger partial charge >= 0.3 is 5.76 Å². The number of aliphatic hydroxyl groups is 1. The van der Waals surface area contributed by atoms with E-state index in [1.54, 1.807) is 12.1 Å². The van der Waals surface area contributed by atoms with Crippen LogP contribution < -0.4 is 5.76 Å². The van der Waals surface area contributed by atoms with Gasteiger partial charge in [0.15, 0.2) is 5.58 Å². The Bertz CT molecular complexity index is 982. The number of benzene rings is 2. The molecule has 1 saturated heterocycles. The molecule has 0 radical (unpaired) electrons. The molecule has 0 aliphatic carbocycles. The Morgan fingerprint density at radius 1 is 1.29 bits per heavy atom. The Hall–Kier alpha value is -2.08. The highest BCUT2D eigenvalue weighted by molar-refractivity contribution is 6.32. The first-order chi connectivity index (χ1) is 13.6. The van der Waals surface area contributed by atoms with E-state index in [4.69, 9.17) is 16.0 Å². The van der Waals surface area contributed by atoms with E-state index >= 15 is 0 Å². The van der Waals surface area contributed by atoms with Crippen LogP contribution in [0.5, 0.6) is 0 Å². The molecule has 28 heavy (non-hydrogen) atoms. The van der Waals surface area contributed by atoms with Gasteiger partial charge < -0.3 is 14.4 Å². The van der Waals surface area contributed by atoms with Crippen LogP contribution in [0.1, 0.15) is 36.5 Å². The molecular formula is C22H25ClN2O3. The summed E-state index contributed by atoms with van der Waals surface area (Å²) in [6.45, 7) is 2.94. The number of fused-ring (bicyclic) bond motifs is 1. The quantitative estimate of drug-likeness (QED) is 0.652. The summed E-state index contributed by atoms with van der Waals surface area (Å²) in [4.78, 5) is 16.4. The van der Waals surface area contributed by atoms with Crippen molar-refractivity contribution < 1.29 is 9.52 Å². The Morgan fingerprint density at radius 2 is 2.11 bits per heavy atom. The first-order valence-corrected chi connectivity index (χ1v) is 10.2. The normalized spacial score (nSPS) is 19.1. The Labute approximate surface area is 168 Å². The highest BCUT2D eigenvalue weighted by atomic mass is 35.5. The average Bonchev–Trinajstić information content (AvgIpc) is 3.05. The molecule has 1 aliphatic heterocycles. The monoisotopic (exact) mass is 400 g/mol. The number of likely N-dealkylation sites (tertiary alicyclic amines) is 1. The number of nitrogens with zero attached hydrogens (tertiary/aromatic N) is 1. The van der Waals surface area contributed by atoms with Gasteiger partial charge in [-0.1, -0.05) is 41.9 Å². The van der Waals surface area contributed by atoms with Gasteiger partial charge in [0.05, 0.1) is 11.6 Å². The number of hydrogen-bond donors (Lipinski definition) is 2. The van der Waals surface area contributed by atoms with E-state index in [1.807, 2.05) is 0 Å². The van der Waals surface area contributed by atoms with Gasteiger partial charge in [0.1, 0.15) is 0 Å². The van der Waals surface area contributed by atoms with Gasteiger partial charge in [-0.2, -0.15) is 0 Å². The van der Waals surface area contributed by atoms with Gasteiger partial charge in [0.25, 0.3) is 0 Å².